The molecule has 0 saturated carbocycles. The quantitative estimate of drug-likeness (QED) is 0.625. The average Bonchev–Trinajstić information content (AvgIpc) is 1.87. The summed E-state index contributed by atoms with van der Waals surface area (Å²) in [5, 5.41) is 2.92. The van der Waals surface area contributed by atoms with Crippen LogP contribution in [0.5, 0.6) is 0 Å². The van der Waals surface area contributed by atoms with E-state index in [4.69, 9.17) is 0 Å². The molecule has 10 heavy (non-hydrogen) atoms. The van der Waals surface area contributed by atoms with Crippen molar-refractivity contribution in [1.29, 1.82) is 0 Å². The van der Waals surface area contributed by atoms with Gasteiger partial charge in [0.05, 0.1) is 7.11 Å². The van der Waals surface area contributed by atoms with E-state index in [0.29, 0.717) is 0 Å². The Morgan fingerprint density at radius 1 is 1.70 bits per heavy atom. The molecule has 0 radical (unpaired) electrons. The van der Waals surface area contributed by atoms with Crippen LogP contribution in [0.1, 0.15) is 13.8 Å². The Labute approximate surface area is 67.5 Å². The summed E-state index contributed by atoms with van der Waals surface area (Å²) in [5.41, 5.74) is 0. The number of ether oxygens (including phenoxy) is 1. The number of methoxy groups -OCH3 is 1. The topological polar surface area (TPSA) is 38.3 Å². The molecular formula is C6H14ClNO2. The molecule has 1 unspecified atom stereocenters. The Bertz CT molecular complexity index is 97.7. The minimum atomic E-state index is -0.211. The van der Waals surface area contributed by atoms with Crippen LogP contribution in [0.2, 0.25) is 0 Å². The first kappa shape index (κ1) is 12.4. The highest BCUT2D eigenvalue weighted by Gasteiger charge is 2.09. The van der Waals surface area contributed by atoms with Gasteiger partial charge in [-0.2, -0.15) is 0 Å². The van der Waals surface area contributed by atoms with Crippen LogP contribution in [0, 0.1) is 0 Å². The predicted octanol–water partition coefficient (Wildman–Crippen LogP) is 0.579. The Morgan fingerprint density at radius 3 is 2.50 bits per heavy atom. The lowest BCUT2D eigenvalue weighted by atomic mass is 10.3. The fraction of sp³-hybridized carbons (Fsp3) is 0.833. The van der Waals surface area contributed by atoms with Crippen molar-refractivity contribution in [3.63, 3.8) is 0 Å². The highest BCUT2D eigenvalue weighted by molar-refractivity contribution is 5.85. The van der Waals surface area contributed by atoms with Gasteiger partial charge in [0.25, 0.3) is 0 Å². The van der Waals surface area contributed by atoms with Crippen molar-refractivity contribution < 1.29 is 9.53 Å². The van der Waals surface area contributed by atoms with E-state index in [0.717, 1.165) is 6.54 Å². The third-order valence-corrected chi connectivity index (χ3v) is 1.07. The van der Waals surface area contributed by atoms with E-state index in [1.165, 1.54) is 7.11 Å². The summed E-state index contributed by atoms with van der Waals surface area (Å²) in [7, 11) is 1.39. The first-order valence-electron chi connectivity index (χ1n) is 3.03. The number of hydrogen-bond acceptors (Lipinski definition) is 3. The molecule has 0 rings (SSSR count). The van der Waals surface area contributed by atoms with Gasteiger partial charge in [-0.15, -0.1) is 12.4 Å². The number of halogens is 1. The maximum atomic E-state index is 10.6. The standard InChI is InChI=1S/C6H13NO2.ClH/c1-4-7-5(2)6(8)9-3;/h5,7H,4H2,1-3H3;1H. The molecule has 0 aromatic rings. The lowest BCUT2D eigenvalue weighted by Crippen LogP contribution is -2.34. The Kier molecular flexibility index (Phi) is 8.48. The van der Waals surface area contributed by atoms with Gasteiger partial charge in [-0.1, -0.05) is 6.92 Å². The molecule has 0 bridgehead atoms. The van der Waals surface area contributed by atoms with E-state index in [1.54, 1.807) is 6.92 Å². The number of likely N-dealkylation sites (N-methyl/N-ethyl adjacent to an activating group) is 1. The molecule has 62 valence electrons. The van der Waals surface area contributed by atoms with Gasteiger partial charge in [0.2, 0.25) is 0 Å². The second kappa shape index (κ2) is 6.83. The van der Waals surface area contributed by atoms with Crippen LogP contribution < -0.4 is 5.32 Å². The molecule has 0 aromatic heterocycles. The number of carbonyl (C=O) groups is 1. The van der Waals surface area contributed by atoms with Crippen LogP contribution in [-0.4, -0.2) is 25.7 Å². The number of hydrogen-bond donors (Lipinski definition) is 1. The molecule has 1 N–H and O–H groups in total. The van der Waals surface area contributed by atoms with Gasteiger partial charge in [-0.25, -0.2) is 0 Å². The molecule has 4 heteroatoms. The lowest BCUT2D eigenvalue weighted by molar-refractivity contribution is -0.142. The minimum Gasteiger partial charge on any atom is -0.468 e. The van der Waals surface area contributed by atoms with Crippen LogP contribution >= 0.6 is 12.4 Å². The van der Waals surface area contributed by atoms with Crippen molar-refractivity contribution >= 4 is 18.4 Å². The average molecular weight is 168 g/mol. The molecule has 0 spiro atoms. The summed E-state index contributed by atoms with van der Waals surface area (Å²) in [6, 6.07) is -0.181. The van der Waals surface area contributed by atoms with E-state index in [9.17, 15) is 4.79 Å². The van der Waals surface area contributed by atoms with Gasteiger partial charge in [-0.05, 0) is 13.5 Å². The number of rotatable bonds is 3. The molecule has 3 nitrogen and oxygen atoms in total. The van der Waals surface area contributed by atoms with E-state index in [-0.39, 0.29) is 24.4 Å². The number of carbonyl (C=O) groups excluding carboxylic acids is 1. The zero-order valence-electron chi connectivity index (χ0n) is 6.51. The highest BCUT2D eigenvalue weighted by atomic mass is 35.5. The second-order valence-electron chi connectivity index (χ2n) is 1.80. The Hall–Kier alpha value is -0.280. The van der Waals surface area contributed by atoms with Crippen molar-refractivity contribution in [2.24, 2.45) is 0 Å². The van der Waals surface area contributed by atoms with Crippen LogP contribution in [0.25, 0.3) is 0 Å². The molecular weight excluding hydrogens is 154 g/mol. The Balaban J connectivity index is 0. The van der Waals surface area contributed by atoms with Gasteiger partial charge in [0.15, 0.2) is 0 Å². The molecule has 0 aliphatic carbocycles. The molecule has 0 aliphatic heterocycles. The minimum absolute atomic E-state index is 0. The lowest BCUT2D eigenvalue weighted by Gasteiger charge is -2.07. The van der Waals surface area contributed by atoms with Crippen molar-refractivity contribution in [3.8, 4) is 0 Å². The third-order valence-electron chi connectivity index (χ3n) is 1.07. The first-order chi connectivity index (χ1) is 4.22. The maximum absolute atomic E-state index is 10.6. The number of nitrogens with one attached hydrogen (secondary N) is 1. The summed E-state index contributed by atoms with van der Waals surface area (Å²) in [4.78, 5) is 10.6. The van der Waals surface area contributed by atoms with Crippen LogP contribution in [-0.2, 0) is 9.53 Å². The van der Waals surface area contributed by atoms with Gasteiger partial charge >= 0.3 is 5.97 Å². The zero-order valence-corrected chi connectivity index (χ0v) is 7.33. The van der Waals surface area contributed by atoms with Crippen molar-refractivity contribution in [1.82, 2.24) is 5.32 Å². The highest BCUT2D eigenvalue weighted by Crippen LogP contribution is 1.83. The summed E-state index contributed by atoms with van der Waals surface area (Å²) in [5.74, 6) is -0.211. The van der Waals surface area contributed by atoms with Crippen molar-refractivity contribution in [2.45, 2.75) is 19.9 Å². The molecule has 0 amide bonds. The summed E-state index contributed by atoms with van der Waals surface area (Å²) in [6.45, 7) is 4.50. The molecule has 0 aromatic carbocycles. The second-order valence-corrected chi connectivity index (χ2v) is 1.80. The third kappa shape index (κ3) is 4.58. The molecule has 0 saturated heterocycles. The molecule has 0 heterocycles. The van der Waals surface area contributed by atoms with E-state index in [1.807, 2.05) is 6.92 Å². The largest absolute Gasteiger partial charge is 0.468 e. The smallest absolute Gasteiger partial charge is 0.322 e. The SMILES string of the molecule is CCNC(C)C(=O)OC.Cl. The van der Waals surface area contributed by atoms with Gasteiger partial charge in [0.1, 0.15) is 6.04 Å². The fourth-order valence-electron chi connectivity index (χ4n) is 0.566. The Morgan fingerprint density at radius 2 is 2.20 bits per heavy atom. The van der Waals surface area contributed by atoms with Crippen LogP contribution in [0.4, 0.5) is 0 Å². The van der Waals surface area contributed by atoms with E-state index < -0.39 is 0 Å². The predicted molar refractivity (Wildman–Crippen MR) is 42.4 cm³/mol. The van der Waals surface area contributed by atoms with E-state index in [2.05, 4.69) is 10.1 Å². The summed E-state index contributed by atoms with van der Waals surface area (Å²) >= 11 is 0. The fourth-order valence-corrected chi connectivity index (χ4v) is 0.566. The molecule has 0 fully saturated rings. The summed E-state index contributed by atoms with van der Waals surface area (Å²) in [6.07, 6.45) is 0. The van der Waals surface area contributed by atoms with Gasteiger partial charge in [0, 0.05) is 0 Å². The normalized spacial score (nSPS) is 11.5. The molecule has 1 atom stereocenters. The van der Waals surface area contributed by atoms with Crippen LogP contribution in [0.3, 0.4) is 0 Å². The van der Waals surface area contributed by atoms with Gasteiger partial charge in [-0.3, -0.25) is 4.79 Å². The van der Waals surface area contributed by atoms with Crippen molar-refractivity contribution in [3.05, 3.63) is 0 Å². The number of esters is 1. The molecule has 0 aliphatic rings. The zero-order chi connectivity index (χ0) is 7.28. The van der Waals surface area contributed by atoms with E-state index >= 15 is 0 Å². The maximum Gasteiger partial charge on any atom is 0.322 e. The first-order valence-corrected chi connectivity index (χ1v) is 3.03. The van der Waals surface area contributed by atoms with Crippen LogP contribution in [0.15, 0.2) is 0 Å². The summed E-state index contributed by atoms with van der Waals surface area (Å²) < 4.78 is 4.46. The van der Waals surface area contributed by atoms with Crippen molar-refractivity contribution in [2.75, 3.05) is 13.7 Å². The monoisotopic (exact) mass is 167 g/mol. The van der Waals surface area contributed by atoms with Gasteiger partial charge < -0.3 is 10.1 Å².